The van der Waals surface area contributed by atoms with Gasteiger partial charge in [-0.05, 0) is 48.9 Å². The van der Waals surface area contributed by atoms with Gasteiger partial charge < -0.3 is 5.32 Å². The number of benzene rings is 2. The van der Waals surface area contributed by atoms with Crippen molar-refractivity contribution in [2.45, 2.75) is 19.8 Å². The Bertz CT molecular complexity index is 865. The molecule has 5 nitrogen and oxygen atoms in total. The van der Waals surface area contributed by atoms with Crippen LogP contribution in [-0.2, 0) is 9.59 Å². The molecule has 0 radical (unpaired) electrons. The summed E-state index contributed by atoms with van der Waals surface area (Å²) in [5, 5.41) is 8.86. The Hall–Kier alpha value is -2.18. The van der Waals surface area contributed by atoms with Gasteiger partial charge >= 0.3 is 0 Å². The van der Waals surface area contributed by atoms with E-state index in [1.807, 2.05) is 25.1 Å². The van der Waals surface area contributed by atoms with E-state index in [1.165, 1.54) is 5.01 Å². The number of nitrogens with one attached hydrogen (secondary N) is 1. The highest BCUT2D eigenvalue weighted by Gasteiger charge is 2.25. The van der Waals surface area contributed by atoms with Crippen molar-refractivity contribution in [3.63, 3.8) is 0 Å². The molecule has 0 saturated heterocycles. The number of amides is 2. The third-order valence-electron chi connectivity index (χ3n) is 3.80. The van der Waals surface area contributed by atoms with Crippen LogP contribution in [0.4, 0.5) is 11.4 Å². The molecule has 0 unspecified atom stereocenters. The van der Waals surface area contributed by atoms with Crippen molar-refractivity contribution >= 4 is 56.4 Å². The molecule has 1 aliphatic heterocycles. The van der Waals surface area contributed by atoms with Gasteiger partial charge in [-0.3, -0.25) is 9.59 Å². The lowest BCUT2D eigenvalue weighted by Crippen LogP contribution is -2.36. The maximum atomic E-state index is 12.5. The van der Waals surface area contributed by atoms with Crippen LogP contribution < -0.4 is 10.3 Å². The molecule has 0 bridgehead atoms. The highest BCUT2D eigenvalue weighted by atomic mass is 79.9. The second kappa shape index (κ2) is 7.37. The molecule has 2 aromatic carbocycles. The van der Waals surface area contributed by atoms with Crippen LogP contribution in [0.15, 0.2) is 52.0 Å². The number of hydrogen-bond donors (Lipinski definition) is 1. The van der Waals surface area contributed by atoms with Crippen LogP contribution in [0, 0.1) is 6.92 Å². The minimum Gasteiger partial charge on any atom is -0.321 e. The topological polar surface area (TPSA) is 61.8 Å². The number of rotatable bonds is 3. The molecule has 0 atom stereocenters. The van der Waals surface area contributed by atoms with Crippen molar-refractivity contribution in [2.75, 3.05) is 10.3 Å². The van der Waals surface area contributed by atoms with E-state index in [0.717, 1.165) is 10.0 Å². The van der Waals surface area contributed by atoms with Gasteiger partial charge in [0.1, 0.15) is 5.71 Å². The van der Waals surface area contributed by atoms with Crippen molar-refractivity contribution in [3.05, 3.63) is 57.5 Å². The smallest absolute Gasteiger partial charge is 0.271 e. The molecule has 1 heterocycles. The van der Waals surface area contributed by atoms with E-state index in [4.69, 9.17) is 11.6 Å². The van der Waals surface area contributed by atoms with Crippen LogP contribution in [0.5, 0.6) is 0 Å². The lowest BCUT2D eigenvalue weighted by atomic mass is 10.1. The molecule has 1 aliphatic rings. The molecule has 0 spiro atoms. The molecule has 25 heavy (non-hydrogen) atoms. The number of carbonyl (C=O) groups excluding carboxylic acids is 2. The third kappa shape index (κ3) is 4.08. The predicted octanol–water partition coefficient (Wildman–Crippen LogP) is 4.53. The van der Waals surface area contributed by atoms with E-state index in [9.17, 15) is 9.59 Å². The fourth-order valence-electron chi connectivity index (χ4n) is 2.37. The van der Waals surface area contributed by atoms with Crippen molar-refractivity contribution in [1.29, 1.82) is 0 Å². The molecule has 0 aliphatic carbocycles. The van der Waals surface area contributed by atoms with Gasteiger partial charge in [0.25, 0.3) is 5.91 Å². The zero-order valence-electron chi connectivity index (χ0n) is 13.4. The molecule has 7 heteroatoms. The minimum absolute atomic E-state index is 0.141. The van der Waals surface area contributed by atoms with Gasteiger partial charge in [-0.15, -0.1) is 0 Å². The Morgan fingerprint density at radius 1 is 1.20 bits per heavy atom. The van der Waals surface area contributed by atoms with E-state index in [1.54, 1.807) is 24.3 Å². The summed E-state index contributed by atoms with van der Waals surface area (Å²) in [5.41, 5.74) is 2.45. The molecule has 0 fully saturated rings. The summed E-state index contributed by atoms with van der Waals surface area (Å²) < 4.78 is 0.902. The van der Waals surface area contributed by atoms with Crippen molar-refractivity contribution in [2.24, 2.45) is 5.10 Å². The molecule has 2 amide bonds. The van der Waals surface area contributed by atoms with E-state index < -0.39 is 0 Å². The summed E-state index contributed by atoms with van der Waals surface area (Å²) in [6, 6.07) is 12.5. The van der Waals surface area contributed by atoms with Crippen LogP contribution in [0.25, 0.3) is 0 Å². The van der Waals surface area contributed by atoms with Gasteiger partial charge in [-0.25, -0.2) is 5.01 Å². The maximum absolute atomic E-state index is 12.5. The van der Waals surface area contributed by atoms with E-state index in [2.05, 4.69) is 26.3 Å². The molecule has 0 saturated carbocycles. The fraction of sp³-hybridized carbons (Fsp3) is 0.167. The summed E-state index contributed by atoms with van der Waals surface area (Å²) >= 11 is 9.43. The second-order valence-electron chi connectivity index (χ2n) is 5.65. The summed E-state index contributed by atoms with van der Waals surface area (Å²) in [4.78, 5) is 24.6. The first-order chi connectivity index (χ1) is 11.9. The first kappa shape index (κ1) is 17.6. The number of anilines is 2. The lowest BCUT2D eigenvalue weighted by molar-refractivity contribution is -0.118. The van der Waals surface area contributed by atoms with Crippen LogP contribution in [-0.4, -0.2) is 17.5 Å². The third-order valence-corrected chi connectivity index (χ3v) is 4.73. The van der Waals surface area contributed by atoms with Gasteiger partial charge in [-0.2, -0.15) is 5.10 Å². The second-order valence-corrected chi connectivity index (χ2v) is 6.97. The van der Waals surface area contributed by atoms with Crippen molar-refractivity contribution in [3.8, 4) is 0 Å². The Balaban J connectivity index is 1.81. The number of halogens is 2. The molecule has 128 valence electrons. The van der Waals surface area contributed by atoms with Crippen LogP contribution in [0.2, 0.25) is 5.02 Å². The first-order valence-corrected chi connectivity index (χ1v) is 8.84. The zero-order chi connectivity index (χ0) is 18.0. The lowest BCUT2D eigenvalue weighted by Gasteiger charge is -2.23. The van der Waals surface area contributed by atoms with E-state index >= 15 is 0 Å². The maximum Gasteiger partial charge on any atom is 0.271 e. The van der Waals surface area contributed by atoms with Crippen LogP contribution in [0.3, 0.4) is 0 Å². The molecular weight excluding hydrogens is 406 g/mol. The molecule has 2 aromatic rings. The average molecular weight is 421 g/mol. The van der Waals surface area contributed by atoms with Crippen LogP contribution >= 0.6 is 27.5 Å². The Morgan fingerprint density at radius 3 is 2.60 bits per heavy atom. The summed E-state index contributed by atoms with van der Waals surface area (Å²) in [6.07, 6.45) is 0.536. The van der Waals surface area contributed by atoms with E-state index in [0.29, 0.717) is 28.5 Å². The quantitative estimate of drug-likeness (QED) is 0.793. The largest absolute Gasteiger partial charge is 0.321 e. The monoisotopic (exact) mass is 419 g/mol. The minimum atomic E-state index is -0.338. The Morgan fingerprint density at radius 2 is 1.92 bits per heavy atom. The van der Waals surface area contributed by atoms with Gasteiger partial charge in [0.05, 0.1) is 5.69 Å². The van der Waals surface area contributed by atoms with Crippen molar-refractivity contribution in [1.82, 2.24) is 0 Å². The summed E-state index contributed by atoms with van der Waals surface area (Å²) in [6.45, 7) is 1.89. The average Bonchev–Trinajstić information content (AvgIpc) is 2.59. The normalized spacial score (nSPS) is 14.3. The van der Waals surface area contributed by atoms with Gasteiger partial charge in [0.2, 0.25) is 5.91 Å². The van der Waals surface area contributed by atoms with Gasteiger partial charge in [0, 0.05) is 28.0 Å². The molecule has 3 rings (SSSR count). The fourth-order valence-corrected chi connectivity index (χ4v) is 2.82. The number of aryl methyl sites for hydroxylation is 1. The summed E-state index contributed by atoms with van der Waals surface area (Å²) in [5.74, 6) is -0.480. The van der Waals surface area contributed by atoms with E-state index in [-0.39, 0.29) is 18.2 Å². The predicted molar refractivity (Wildman–Crippen MR) is 103 cm³/mol. The highest BCUT2D eigenvalue weighted by Crippen LogP contribution is 2.24. The van der Waals surface area contributed by atoms with Gasteiger partial charge in [0.15, 0.2) is 0 Å². The number of carbonyl (C=O) groups is 2. The Kier molecular flexibility index (Phi) is 5.20. The van der Waals surface area contributed by atoms with Crippen molar-refractivity contribution < 1.29 is 9.59 Å². The highest BCUT2D eigenvalue weighted by molar-refractivity contribution is 9.10. The molecule has 1 N–H and O–H groups in total. The zero-order valence-corrected chi connectivity index (χ0v) is 15.8. The first-order valence-electron chi connectivity index (χ1n) is 7.67. The SMILES string of the molecule is Cc1ccc(NC(=O)C2=NN(c3ccc(Br)cc3)C(=O)CC2)cc1Cl. The van der Waals surface area contributed by atoms with Gasteiger partial charge in [-0.1, -0.05) is 33.6 Å². The Labute approximate surface area is 158 Å². The molecular formula is C18H15BrClN3O2. The number of nitrogens with zero attached hydrogens (tertiary/aromatic N) is 2. The number of hydrogen-bond acceptors (Lipinski definition) is 3. The number of hydrazone groups is 1. The standard InChI is InChI=1S/C18H15BrClN3O2/c1-11-2-5-13(10-15(11)20)21-18(25)16-8-9-17(24)23(22-16)14-6-3-12(19)4-7-14/h2-7,10H,8-9H2,1H3,(H,21,25). The van der Waals surface area contributed by atoms with Crippen LogP contribution in [0.1, 0.15) is 18.4 Å². The summed E-state index contributed by atoms with van der Waals surface area (Å²) in [7, 11) is 0. The molecule has 0 aromatic heterocycles.